The summed E-state index contributed by atoms with van der Waals surface area (Å²) in [4.78, 5) is 33.3. The lowest BCUT2D eigenvalue weighted by Gasteiger charge is -2.17. The minimum Gasteiger partial charge on any atom is -0.334 e. The van der Waals surface area contributed by atoms with E-state index in [1.807, 2.05) is 30.3 Å². The molecule has 1 amide bonds. The molecule has 3 aromatic rings. The van der Waals surface area contributed by atoms with Gasteiger partial charge in [-0.2, -0.15) is 0 Å². The van der Waals surface area contributed by atoms with Gasteiger partial charge < -0.3 is 9.88 Å². The van der Waals surface area contributed by atoms with Crippen molar-refractivity contribution in [1.82, 2.24) is 14.9 Å². The van der Waals surface area contributed by atoms with Gasteiger partial charge in [-0.3, -0.25) is 9.59 Å². The van der Waals surface area contributed by atoms with E-state index in [0.717, 1.165) is 6.42 Å². The molecule has 0 aliphatic carbocycles. The van der Waals surface area contributed by atoms with E-state index in [4.69, 9.17) is 0 Å². The number of para-hydroxylation sites is 1. The van der Waals surface area contributed by atoms with Crippen molar-refractivity contribution in [3.63, 3.8) is 0 Å². The molecule has 0 atom stereocenters. The van der Waals surface area contributed by atoms with Crippen LogP contribution in [0.3, 0.4) is 0 Å². The number of benzene rings is 2. The lowest BCUT2D eigenvalue weighted by molar-refractivity contribution is 0.0781. The molecule has 0 aliphatic heterocycles. The summed E-state index contributed by atoms with van der Waals surface area (Å²) in [5.74, 6) is 0.369. The zero-order valence-electron chi connectivity index (χ0n) is 13.7. The number of fused-ring (bicyclic) bond motifs is 1. The monoisotopic (exact) mass is 321 g/mol. The first-order valence-corrected chi connectivity index (χ1v) is 7.91. The van der Waals surface area contributed by atoms with Crippen LogP contribution in [0.15, 0.2) is 53.3 Å². The highest BCUT2D eigenvalue weighted by Gasteiger charge is 2.13. The number of amides is 1. The maximum Gasteiger partial charge on any atom is 0.258 e. The topological polar surface area (TPSA) is 66.1 Å². The van der Waals surface area contributed by atoms with E-state index < -0.39 is 0 Å². The molecule has 0 saturated heterocycles. The second-order valence-electron chi connectivity index (χ2n) is 5.74. The fourth-order valence-electron chi connectivity index (χ4n) is 2.61. The number of aromatic amines is 1. The Labute approximate surface area is 140 Å². The van der Waals surface area contributed by atoms with Crippen molar-refractivity contribution < 1.29 is 4.79 Å². The highest BCUT2D eigenvalue weighted by Crippen LogP contribution is 2.10. The van der Waals surface area contributed by atoms with E-state index in [-0.39, 0.29) is 18.0 Å². The number of H-pyrrole nitrogens is 1. The summed E-state index contributed by atoms with van der Waals surface area (Å²) in [6, 6.07) is 14.7. The molecule has 3 rings (SSSR count). The van der Waals surface area contributed by atoms with Crippen molar-refractivity contribution in [2.75, 3.05) is 7.05 Å². The molecular weight excluding hydrogens is 302 g/mol. The Morgan fingerprint density at radius 3 is 2.54 bits per heavy atom. The van der Waals surface area contributed by atoms with Crippen molar-refractivity contribution in [1.29, 1.82) is 0 Å². The lowest BCUT2D eigenvalue weighted by atomic mass is 10.1. The molecule has 0 fully saturated rings. The zero-order valence-corrected chi connectivity index (χ0v) is 13.7. The van der Waals surface area contributed by atoms with Crippen LogP contribution in [0.25, 0.3) is 10.9 Å². The van der Waals surface area contributed by atoms with E-state index >= 15 is 0 Å². The first-order valence-electron chi connectivity index (χ1n) is 7.91. The number of hydrogen-bond acceptors (Lipinski definition) is 3. The van der Waals surface area contributed by atoms with Gasteiger partial charge in [0, 0.05) is 12.6 Å². The minimum atomic E-state index is -0.191. The average molecular weight is 321 g/mol. The van der Waals surface area contributed by atoms with Gasteiger partial charge in [0.15, 0.2) is 0 Å². The summed E-state index contributed by atoms with van der Waals surface area (Å²) < 4.78 is 0. The molecule has 5 heteroatoms. The molecule has 0 spiro atoms. The van der Waals surface area contributed by atoms with Crippen LogP contribution in [0.5, 0.6) is 0 Å². The Hall–Kier alpha value is -2.95. The first-order chi connectivity index (χ1) is 11.6. The lowest BCUT2D eigenvalue weighted by Crippen LogP contribution is -2.28. The predicted octanol–water partition coefficient (Wildman–Crippen LogP) is 2.76. The highest BCUT2D eigenvalue weighted by molar-refractivity contribution is 5.94. The van der Waals surface area contributed by atoms with E-state index in [1.165, 1.54) is 5.56 Å². The van der Waals surface area contributed by atoms with Crippen molar-refractivity contribution in [2.45, 2.75) is 19.9 Å². The van der Waals surface area contributed by atoms with Crippen LogP contribution in [-0.2, 0) is 13.0 Å². The first kappa shape index (κ1) is 15.9. The summed E-state index contributed by atoms with van der Waals surface area (Å²) >= 11 is 0. The molecule has 0 radical (unpaired) electrons. The van der Waals surface area contributed by atoms with E-state index in [1.54, 1.807) is 30.1 Å². The van der Waals surface area contributed by atoms with Gasteiger partial charge in [0.2, 0.25) is 0 Å². The molecule has 0 aliphatic rings. The molecule has 0 unspecified atom stereocenters. The van der Waals surface area contributed by atoms with Gasteiger partial charge in [0.1, 0.15) is 5.82 Å². The summed E-state index contributed by atoms with van der Waals surface area (Å²) in [6.07, 6.45) is 0.937. The fraction of sp³-hybridized carbons (Fsp3) is 0.211. The molecule has 0 saturated carbocycles. The summed E-state index contributed by atoms with van der Waals surface area (Å²) in [7, 11) is 1.70. The Kier molecular flexibility index (Phi) is 4.42. The third-order valence-corrected chi connectivity index (χ3v) is 4.00. The molecule has 122 valence electrons. The summed E-state index contributed by atoms with van der Waals surface area (Å²) in [5.41, 5.74) is 2.25. The number of aromatic nitrogens is 2. The second kappa shape index (κ2) is 6.66. The Morgan fingerprint density at radius 2 is 1.83 bits per heavy atom. The van der Waals surface area contributed by atoms with Gasteiger partial charge in [-0.15, -0.1) is 0 Å². The van der Waals surface area contributed by atoms with Gasteiger partial charge in [-0.05, 0) is 36.2 Å². The molecule has 24 heavy (non-hydrogen) atoms. The molecule has 1 aromatic heterocycles. The average Bonchev–Trinajstić information content (AvgIpc) is 2.61. The number of carbonyl (C=O) groups excluding carboxylic acids is 1. The molecule has 1 N–H and O–H groups in total. The van der Waals surface area contributed by atoms with Gasteiger partial charge in [-0.25, -0.2) is 4.98 Å². The molecule has 2 aromatic carbocycles. The number of hydrogen-bond donors (Lipinski definition) is 1. The largest absolute Gasteiger partial charge is 0.334 e. The van der Waals surface area contributed by atoms with Crippen LogP contribution < -0.4 is 5.56 Å². The third-order valence-electron chi connectivity index (χ3n) is 4.00. The van der Waals surface area contributed by atoms with Crippen molar-refractivity contribution >= 4 is 16.8 Å². The van der Waals surface area contributed by atoms with Crippen LogP contribution in [0.2, 0.25) is 0 Å². The van der Waals surface area contributed by atoms with Crippen LogP contribution in [-0.4, -0.2) is 27.8 Å². The quantitative estimate of drug-likeness (QED) is 0.803. The number of aryl methyl sites for hydroxylation is 1. The van der Waals surface area contributed by atoms with Crippen molar-refractivity contribution in [3.8, 4) is 0 Å². The third kappa shape index (κ3) is 3.20. The summed E-state index contributed by atoms with van der Waals surface area (Å²) in [5, 5.41) is 0.547. The normalized spacial score (nSPS) is 10.8. The fourth-order valence-corrected chi connectivity index (χ4v) is 2.61. The van der Waals surface area contributed by atoms with Crippen LogP contribution >= 0.6 is 0 Å². The number of nitrogens with one attached hydrogen (secondary N) is 1. The van der Waals surface area contributed by atoms with Crippen LogP contribution in [0.4, 0.5) is 0 Å². The van der Waals surface area contributed by atoms with Gasteiger partial charge >= 0.3 is 0 Å². The Bertz CT molecular complexity index is 929. The zero-order chi connectivity index (χ0) is 17.1. The minimum absolute atomic E-state index is 0.103. The Balaban J connectivity index is 1.82. The SMILES string of the molecule is CCc1ccc(C(=O)N(C)Cc2nc3ccccc3c(=O)[nH]2)cc1. The number of carbonyl (C=O) groups is 1. The van der Waals surface area contributed by atoms with E-state index in [9.17, 15) is 9.59 Å². The van der Waals surface area contributed by atoms with Crippen molar-refractivity contribution in [3.05, 3.63) is 75.8 Å². The standard InChI is InChI=1S/C19H19N3O2/c1-3-13-8-10-14(11-9-13)19(24)22(2)12-17-20-16-7-5-4-6-15(16)18(23)21-17/h4-11H,3,12H2,1-2H3,(H,20,21,23). The maximum absolute atomic E-state index is 12.5. The van der Waals surface area contributed by atoms with E-state index in [0.29, 0.717) is 22.3 Å². The number of nitrogens with zero attached hydrogens (tertiary/aromatic N) is 2. The summed E-state index contributed by atoms with van der Waals surface area (Å²) in [6.45, 7) is 2.32. The smallest absolute Gasteiger partial charge is 0.258 e. The van der Waals surface area contributed by atoms with E-state index in [2.05, 4.69) is 16.9 Å². The molecule has 5 nitrogen and oxygen atoms in total. The van der Waals surface area contributed by atoms with Crippen LogP contribution in [0, 0.1) is 0 Å². The number of rotatable bonds is 4. The van der Waals surface area contributed by atoms with Crippen molar-refractivity contribution in [2.24, 2.45) is 0 Å². The maximum atomic E-state index is 12.5. The highest BCUT2D eigenvalue weighted by atomic mass is 16.2. The molecule has 0 bridgehead atoms. The second-order valence-corrected chi connectivity index (χ2v) is 5.74. The predicted molar refractivity (Wildman–Crippen MR) is 94.0 cm³/mol. The van der Waals surface area contributed by atoms with Gasteiger partial charge in [0.25, 0.3) is 11.5 Å². The van der Waals surface area contributed by atoms with Gasteiger partial charge in [0.05, 0.1) is 17.4 Å². The molecule has 1 heterocycles. The Morgan fingerprint density at radius 1 is 1.12 bits per heavy atom. The van der Waals surface area contributed by atoms with Crippen LogP contribution in [0.1, 0.15) is 28.7 Å². The van der Waals surface area contributed by atoms with Gasteiger partial charge in [-0.1, -0.05) is 31.2 Å². The molecular formula is C19H19N3O2.